The molecule has 0 unspecified atom stereocenters. The smallest absolute Gasteiger partial charge is 0.244 e. The van der Waals surface area contributed by atoms with E-state index in [-0.39, 0.29) is 17.9 Å². The fourth-order valence-electron chi connectivity index (χ4n) is 3.90. The highest BCUT2D eigenvalue weighted by Gasteiger charge is 2.14. The molecule has 0 fully saturated rings. The number of rotatable bonds is 5. The van der Waals surface area contributed by atoms with Crippen LogP contribution >= 0.6 is 23.1 Å². The van der Waals surface area contributed by atoms with Crippen molar-refractivity contribution >= 4 is 56.5 Å². The monoisotopic (exact) mass is 471 g/mol. The first-order chi connectivity index (χ1) is 16.0. The molecular formula is C26H21N3O2S2. The Balaban J connectivity index is 1.42. The lowest BCUT2D eigenvalue weighted by Gasteiger charge is -2.16. The molecule has 5 aromatic rings. The average Bonchev–Trinajstić information content (AvgIpc) is 3.23. The molecule has 0 spiro atoms. The van der Waals surface area contributed by atoms with Crippen LogP contribution in [0.5, 0.6) is 0 Å². The summed E-state index contributed by atoms with van der Waals surface area (Å²) >= 11 is 3.24. The molecule has 0 saturated carbocycles. The molecule has 0 aliphatic rings. The summed E-state index contributed by atoms with van der Waals surface area (Å²) in [5, 5.41) is 6.29. The second kappa shape index (κ2) is 8.84. The van der Waals surface area contributed by atoms with E-state index >= 15 is 0 Å². The molecular weight excluding hydrogens is 450 g/mol. The molecule has 0 bridgehead atoms. The summed E-state index contributed by atoms with van der Waals surface area (Å²) in [7, 11) is 0. The zero-order valence-electron chi connectivity index (χ0n) is 18.2. The van der Waals surface area contributed by atoms with Gasteiger partial charge in [0, 0.05) is 32.4 Å². The summed E-state index contributed by atoms with van der Waals surface area (Å²) in [5.41, 5.74) is 4.26. The Labute approximate surface area is 199 Å². The van der Waals surface area contributed by atoms with Crippen molar-refractivity contribution in [3.8, 4) is 0 Å². The first-order valence-corrected chi connectivity index (χ1v) is 12.2. The number of nitrogens with zero attached hydrogens (tertiary/aromatic N) is 2. The standard InChI is InChI=1S/C26H21N3O2S2/c1-16-13-18(33-26-27-17(2)15-32-26)11-12-21(16)28-24(30)14-29-22-9-5-3-7-19(22)25(31)20-8-4-6-10-23(20)29/h3-13,15H,14H2,1-2H3,(H,28,30). The van der Waals surface area contributed by atoms with Crippen LogP contribution in [0.3, 0.4) is 0 Å². The third-order valence-electron chi connectivity index (χ3n) is 5.46. The summed E-state index contributed by atoms with van der Waals surface area (Å²) in [6, 6.07) is 20.8. The zero-order chi connectivity index (χ0) is 22.9. The lowest BCUT2D eigenvalue weighted by atomic mass is 10.1. The van der Waals surface area contributed by atoms with E-state index in [1.807, 2.05) is 84.5 Å². The van der Waals surface area contributed by atoms with Crippen LogP contribution in [0.25, 0.3) is 21.8 Å². The van der Waals surface area contributed by atoms with Gasteiger partial charge in [0.05, 0.1) is 11.0 Å². The molecule has 164 valence electrons. The van der Waals surface area contributed by atoms with Crippen molar-refractivity contribution in [1.82, 2.24) is 9.55 Å². The average molecular weight is 472 g/mol. The van der Waals surface area contributed by atoms with Gasteiger partial charge in [-0.15, -0.1) is 11.3 Å². The molecule has 2 heterocycles. The number of aromatic nitrogens is 2. The number of thiazole rings is 1. The first-order valence-electron chi connectivity index (χ1n) is 10.5. The van der Waals surface area contributed by atoms with Gasteiger partial charge in [-0.25, -0.2) is 4.98 Å². The van der Waals surface area contributed by atoms with Gasteiger partial charge >= 0.3 is 0 Å². The molecule has 0 radical (unpaired) electrons. The minimum absolute atomic E-state index is 0.0165. The predicted molar refractivity (Wildman–Crippen MR) is 136 cm³/mol. The van der Waals surface area contributed by atoms with Crippen molar-refractivity contribution in [2.45, 2.75) is 29.6 Å². The Kier molecular flexibility index (Phi) is 5.74. The van der Waals surface area contributed by atoms with Gasteiger partial charge in [0.2, 0.25) is 5.91 Å². The molecule has 3 aromatic carbocycles. The Morgan fingerprint density at radius 3 is 2.27 bits per heavy atom. The summed E-state index contributed by atoms with van der Waals surface area (Å²) in [6.45, 7) is 4.08. The lowest BCUT2D eigenvalue weighted by Crippen LogP contribution is -2.21. The number of anilines is 1. The van der Waals surface area contributed by atoms with E-state index in [2.05, 4.69) is 16.4 Å². The van der Waals surface area contributed by atoms with E-state index in [1.165, 1.54) is 0 Å². The maximum Gasteiger partial charge on any atom is 0.244 e. The fourth-order valence-corrected chi connectivity index (χ4v) is 5.81. The van der Waals surface area contributed by atoms with Crippen LogP contribution in [-0.2, 0) is 11.3 Å². The molecule has 0 saturated heterocycles. The van der Waals surface area contributed by atoms with Gasteiger partial charge in [0.15, 0.2) is 9.77 Å². The van der Waals surface area contributed by atoms with Gasteiger partial charge < -0.3 is 9.88 Å². The van der Waals surface area contributed by atoms with Crippen LogP contribution < -0.4 is 10.7 Å². The fraction of sp³-hybridized carbons (Fsp3) is 0.115. The first kappa shape index (κ1) is 21.4. The number of hydrogen-bond donors (Lipinski definition) is 1. The van der Waals surface area contributed by atoms with Gasteiger partial charge in [-0.3, -0.25) is 9.59 Å². The van der Waals surface area contributed by atoms with Crippen LogP contribution in [-0.4, -0.2) is 15.5 Å². The number of carbonyl (C=O) groups excluding carboxylic acids is 1. The van der Waals surface area contributed by atoms with Crippen LogP contribution in [0, 0.1) is 13.8 Å². The second-order valence-electron chi connectivity index (χ2n) is 7.83. The molecule has 0 atom stereocenters. The van der Waals surface area contributed by atoms with E-state index in [0.717, 1.165) is 37.2 Å². The number of fused-ring (bicyclic) bond motifs is 2. The van der Waals surface area contributed by atoms with E-state index in [1.54, 1.807) is 23.1 Å². The van der Waals surface area contributed by atoms with E-state index in [4.69, 9.17) is 0 Å². The molecule has 2 aromatic heterocycles. The summed E-state index contributed by atoms with van der Waals surface area (Å²) in [5.74, 6) is -0.145. The zero-order valence-corrected chi connectivity index (χ0v) is 19.8. The van der Waals surface area contributed by atoms with Crippen molar-refractivity contribution in [2.24, 2.45) is 0 Å². The summed E-state index contributed by atoms with van der Waals surface area (Å²) in [6.07, 6.45) is 0. The topological polar surface area (TPSA) is 64.0 Å². The minimum Gasteiger partial charge on any atom is -0.331 e. The highest BCUT2D eigenvalue weighted by atomic mass is 32.2. The molecule has 1 amide bonds. The number of amides is 1. The highest BCUT2D eigenvalue weighted by Crippen LogP contribution is 2.32. The Bertz CT molecular complexity index is 1510. The van der Waals surface area contributed by atoms with Crippen molar-refractivity contribution in [2.75, 3.05) is 5.32 Å². The number of hydrogen-bond acceptors (Lipinski definition) is 5. The van der Waals surface area contributed by atoms with Crippen molar-refractivity contribution in [3.05, 3.63) is 93.6 Å². The van der Waals surface area contributed by atoms with Gasteiger partial charge in [-0.1, -0.05) is 36.0 Å². The number of aryl methyl sites for hydroxylation is 2. The van der Waals surface area contributed by atoms with Crippen LogP contribution in [0.4, 0.5) is 5.69 Å². The number of para-hydroxylation sites is 2. The van der Waals surface area contributed by atoms with Gasteiger partial charge in [-0.05, 0) is 61.9 Å². The predicted octanol–water partition coefficient (Wildman–Crippen LogP) is 6.02. The molecule has 1 N–H and O–H groups in total. The van der Waals surface area contributed by atoms with Crippen LogP contribution in [0.2, 0.25) is 0 Å². The molecule has 33 heavy (non-hydrogen) atoms. The maximum atomic E-state index is 13.1. The SMILES string of the molecule is Cc1csc(Sc2ccc(NC(=O)Cn3c4ccccc4c(=O)c4ccccc43)c(C)c2)n1. The number of benzene rings is 3. The molecule has 0 aliphatic heterocycles. The molecule has 7 heteroatoms. The molecule has 0 aliphatic carbocycles. The van der Waals surface area contributed by atoms with E-state index in [0.29, 0.717) is 10.8 Å². The highest BCUT2D eigenvalue weighted by molar-refractivity contribution is 8.01. The summed E-state index contributed by atoms with van der Waals surface area (Å²) < 4.78 is 2.91. The molecule has 5 nitrogen and oxygen atoms in total. The van der Waals surface area contributed by atoms with Crippen molar-refractivity contribution < 1.29 is 4.79 Å². The normalized spacial score (nSPS) is 11.2. The third kappa shape index (κ3) is 4.29. The Hall–Kier alpha value is -3.42. The second-order valence-corrected chi connectivity index (χ2v) is 10.0. The van der Waals surface area contributed by atoms with Gasteiger partial charge in [0.25, 0.3) is 0 Å². The Morgan fingerprint density at radius 2 is 1.67 bits per heavy atom. The van der Waals surface area contributed by atoms with E-state index < -0.39 is 0 Å². The number of carbonyl (C=O) groups is 1. The van der Waals surface area contributed by atoms with Crippen molar-refractivity contribution in [3.63, 3.8) is 0 Å². The van der Waals surface area contributed by atoms with Gasteiger partial charge in [-0.2, -0.15) is 0 Å². The Morgan fingerprint density at radius 1 is 1.00 bits per heavy atom. The summed E-state index contributed by atoms with van der Waals surface area (Å²) in [4.78, 5) is 31.5. The van der Waals surface area contributed by atoms with Crippen LogP contribution in [0.15, 0.2) is 86.1 Å². The number of pyridine rings is 1. The minimum atomic E-state index is -0.145. The molecule has 5 rings (SSSR count). The van der Waals surface area contributed by atoms with Gasteiger partial charge in [0.1, 0.15) is 6.54 Å². The maximum absolute atomic E-state index is 13.1. The quantitative estimate of drug-likeness (QED) is 0.319. The van der Waals surface area contributed by atoms with E-state index in [9.17, 15) is 9.59 Å². The number of nitrogens with one attached hydrogen (secondary N) is 1. The van der Waals surface area contributed by atoms with Crippen LogP contribution in [0.1, 0.15) is 11.3 Å². The van der Waals surface area contributed by atoms with Crippen molar-refractivity contribution in [1.29, 1.82) is 0 Å². The lowest BCUT2D eigenvalue weighted by molar-refractivity contribution is -0.116. The third-order valence-corrected chi connectivity index (χ3v) is 7.50. The largest absolute Gasteiger partial charge is 0.331 e.